The summed E-state index contributed by atoms with van der Waals surface area (Å²) in [5.41, 5.74) is 5.01. The number of hydrogen-bond acceptors (Lipinski definition) is 2. The fourth-order valence-corrected chi connectivity index (χ4v) is 8.61. The van der Waals surface area contributed by atoms with Crippen molar-refractivity contribution in [3.05, 3.63) is 59.7 Å². The lowest BCUT2D eigenvalue weighted by Crippen LogP contribution is -2.59. The number of quaternary nitrogens is 2. The molecule has 182 valence electrons. The van der Waals surface area contributed by atoms with Crippen LogP contribution in [0.2, 0.25) is 0 Å². The zero-order valence-corrected chi connectivity index (χ0v) is 21.3. The third kappa shape index (κ3) is 3.33. The summed E-state index contributed by atoms with van der Waals surface area (Å²) in [6.07, 6.45) is 6.29. The summed E-state index contributed by atoms with van der Waals surface area (Å²) in [5, 5.41) is 21.9. The van der Waals surface area contributed by atoms with Gasteiger partial charge in [-0.05, 0) is 22.3 Å². The van der Waals surface area contributed by atoms with E-state index in [1.54, 1.807) is 0 Å². The summed E-state index contributed by atoms with van der Waals surface area (Å²) in [4.78, 5) is 0. The predicted molar refractivity (Wildman–Crippen MR) is 136 cm³/mol. The van der Waals surface area contributed by atoms with Crippen LogP contribution in [0.25, 0.3) is 11.1 Å². The number of aliphatic hydroxyl groups excluding tert-OH is 2. The monoisotopic (exact) mass is 462 g/mol. The molecule has 0 saturated carbocycles. The van der Waals surface area contributed by atoms with Crippen LogP contribution in [0.1, 0.15) is 61.5 Å². The molecule has 4 heterocycles. The fraction of sp³-hybridized carbons (Fsp3) is 0.600. The molecule has 2 aromatic carbocycles. The van der Waals surface area contributed by atoms with Crippen molar-refractivity contribution in [2.45, 2.75) is 86.7 Å². The Morgan fingerprint density at radius 2 is 0.912 bits per heavy atom. The maximum Gasteiger partial charge on any atom is 0.0985 e. The van der Waals surface area contributed by atoms with Crippen LogP contribution in [0.3, 0.4) is 0 Å². The highest BCUT2D eigenvalue weighted by atomic mass is 16.3. The Kier molecular flexibility index (Phi) is 5.28. The minimum Gasteiger partial charge on any atom is -0.392 e. The zero-order valence-electron chi connectivity index (χ0n) is 21.3. The molecule has 34 heavy (non-hydrogen) atoms. The van der Waals surface area contributed by atoms with Gasteiger partial charge in [0, 0.05) is 38.5 Å². The van der Waals surface area contributed by atoms with Crippen molar-refractivity contribution >= 4 is 0 Å². The number of hydrogen-bond donors (Lipinski definition) is 2. The zero-order chi connectivity index (χ0) is 23.8. The van der Waals surface area contributed by atoms with Gasteiger partial charge in [0.1, 0.15) is 0 Å². The molecule has 0 amide bonds. The molecule has 4 heteroatoms. The summed E-state index contributed by atoms with van der Waals surface area (Å²) in [7, 11) is 9.41. The molecular weight excluding hydrogens is 420 g/mol. The van der Waals surface area contributed by atoms with Gasteiger partial charge in [-0.3, -0.25) is 0 Å². The van der Waals surface area contributed by atoms with Gasteiger partial charge in [-0.2, -0.15) is 0 Å². The minimum atomic E-state index is -0.228. The van der Waals surface area contributed by atoms with Crippen LogP contribution in [0, 0.1) is 0 Å². The normalized spacial score (nSPS) is 39.8. The summed E-state index contributed by atoms with van der Waals surface area (Å²) < 4.78 is 2.10. The molecule has 0 aliphatic carbocycles. The quantitative estimate of drug-likeness (QED) is 0.669. The van der Waals surface area contributed by atoms with Crippen LogP contribution in [-0.2, 0) is 0 Å². The van der Waals surface area contributed by atoms with Gasteiger partial charge in [-0.1, -0.05) is 48.5 Å². The Bertz CT molecular complexity index is 959. The van der Waals surface area contributed by atoms with Crippen molar-refractivity contribution in [1.29, 1.82) is 0 Å². The van der Waals surface area contributed by atoms with Gasteiger partial charge >= 0.3 is 0 Å². The van der Waals surface area contributed by atoms with Gasteiger partial charge in [-0.25, -0.2) is 0 Å². The maximum absolute atomic E-state index is 10.9. The second kappa shape index (κ2) is 7.89. The molecule has 0 aromatic heterocycles. The van der Waals surface area contributed by atoms with Crippen molar-refractivity contribution in [3.8, 4) is 11.1 Å². The average Bonchev–Trinajstić information content (AvgIpc) is 3.08. The minimum absolute atomic E-state index is 0.228. The third-order valence-corrected chi connectivity index (χ3v) is 10.8. The standard InChI is InChI=1S/C30H42N2O2/c1-31(2)23-13-15-25(31)29(27(33)17-23)21-9-5-19(6-10-21)20-7-11-22(12-8-20)30-26-16-14-24(18-28(30)34)32(26,3)4/h5-12,23-30,33-34H,13-18H2,1-4H3/q+2/t23-,24-,25-,26+,27+,28-,29?,30?/m1/s1. The molecule has 4 aliphatic heterocycles. The van der Waals surface area contributed by atoms with Crippen LogP contribution >= 0.6 is 0 Å². The highest BCUT2D eigenvalue weighted by Gasteiger charge is 2.55. The average molecular weight is 463 g/mol. The highest BCUT2D eigenvalue weighted by Crippen LogP contribution is 2.48. The van der Waals surface area contributed by atoms with E-state index in [2.05, 4.69) is 76.7 Å². The lowest BCUT2D eigenvalue weighted by atomic mass is 9.80. The summed E-state index contributed by atoms with van der Waals surface area (Å²) in [6, 6.07) is 20.2. The molecule has 4 nitrogen and oxygen atoms in total. The topological polar surface area (TPSA) is 40.5 Å². The molecule has 2 unspecified atom stereocenters. The third-order valence-electron chi connectivity index (χ3n) is 10.8. The predicted octanol–water partition coefficient (Wildman–Crippen LogP) is 4.26. The van der Waals surface area contributed by atoms with E-state index in [1.165, 1.54) is 47.9 Å². The van der Waals surface area contributed by atoms with E-state index in [9.17, 15) is 10.2 Å². The van der Waals surface area contributed by atoms with Crippen molar-refractivity contribution in [2.24, 2.45) is 0 Å². The molecule has 4 bridgehead atoms. The largest absolute Gasteiger partial charge is 0.392 e. The summed E-state index contributed by atoms with van der Waals surface area (Å²) >= 11 is 0. The molecule has 4 saturated heterocycles. The lowest BCUT2D eigenvalue weighted by molar-refractivity contribution is -0.933. The Hall–Kier alpha value is -1.72. The van der Waals surface area contributed by atoms with Crippen LogP contribution in [0.15, 0.2) is 48.5 Å². The van der Waals surface area contributed by atoms with E-state index in [4.69, 9.17) is 0 Å². The van der Waals surface area contributed by atoms with Gasteiger partial charge in [0.2, 0.25) is 0 Å². The number of likely N-dealkylation sites (N-methyl/N-ethyl adjacent to an activating group) is 2. The van der Waals surface area contributed by atoms with E-state index in [0.29, 0.717) is 24.2 Å². The molecule has 0 radical (unpaired) electrons. The number of piperidine rings is 2. The van der Waals surface area contributed by atoms with E-state index in [0.717, 1.165) is 21.8 Å². The first kappa shape index (κ1) is 22.7. The van der Waals surface area contributed by atoms with E-state index in [-0.39, 0.29) is 24.0 Å². The molecule has 0 spiro atoms. The molecule has 2 N–H and O–H groups in total. The van der Waals surface area contributed by atoms with Crippen LogP contribution < -0.4 is 0 Å². The van der Waals surface area contributed by atoms with Gasteiger partial charge < -0.3 is 19.2 Å². The van der Waals surface area contributed by atoms with Crippen molar-refractivity contribution < 1.29 is 19.2 Å². The van der Waals surface area contributed by atoms with Gasteiger partial charge in [0.25, 0.3) is 0 Å². The van der Waals surface area contributed by atoms with Crippen molar-refractivity contribution in [3.63, 3.8) is 0 Å². The number of nitrogens with zero attached hydrogens (tertiary/aromatic N) is 2. The number of benzene rings is 2. The number of rotatable bonds is 3. The van der Waals surface area contributed by atoms with Crippen molar-refractivity contribution in [2.75, 3.05) is 28.2 Å². The first-order chi connectivity index (χ1) is 16.2. The van der Waals surface area contributed by atoms with Crippen LogP contribution in [0.5, 0.6) is 0 Å². The molecule has 4 fully saturated rings. The van der Waals surface area contributed by atoms with Crippen molar-refractivity contribution in [1.82, 2.24) is 0 Å². The smallest absolute Gasteiger partial charge is 0.0985 e. The van der Waals surface area contributed by atoms with Gasteiger partial charge in [-0.15, -0.1) is 0 Å². The van der Waals surface area contributed by atoms with E-state index in [1.807, 2.05) is 0 Å². The molecular formula is C30H42N2O2+2. The Balaban J connectivity index is 1.23. The lowest BCUT2D eigenvalue weighted by Gasteiger charge is -2.47. The Morgan fingerprint density at radius 1 is 0.559 bits per heavy atom. The van der Waals surface area contributed by atoms with Crippen LogP contribution in [0.4, 0.5) is 0 Å². The van der Waals surface area contributed by atoms with Gasteiger partial charge in [0.15, 0.2) is 0 Å². The Labute approximate surface area is 205 Å². The first-order valence-electron chi connectivity index (χ1n) is 13.4. The Morgan fingerprint density at radius 3 is 1.26 bits per heavy atom. The van der Waals surface area contributed by atoms with Crippen LogP contribution in [-0.4, -0.2) is 83.7 Å². The molecule has 4 aliphatic rings. The SMILES string of the molecule is C[N+]1(C)[C@@H]2CC[C@@H]1C(c1ccc(-c3ccc(C4[C@H](O)C[C@H]5CC[C@@H]4[N+]5(C)C)cc3)cc1)[C@@H](O)C2. The second-order valence-corrected chi connectivity index (χ2v) is 12.8. The molecule has 8 atom stereocenters. The summed E-state index contributed by atoms with van der Waals surface area (Å²) in [6.45, 7) is 0. The highest BCUT2D eigenvalue weighted by molar-refractivity contribution is 5.64. The first-order valence-corrected chi connectivity index (χ1v) is 13.4. The van der Waals surface area contributed by atoms with E-state index >= 15 is 0 Å². The van der Waals surface area contributed by atoms with E-state index < -0.39 is 0 Å². The summed E-state index contributed by atoms with van der Waals surface area (Å²) in [5.74, 6) is 0.462. The molecule has 6 rings (SSSR count). The molecule has 2 aromatic rings. The number of fused-ring (bicyclic) bond motifs is 4. The van der Waals surface area contributed by atoms with Gasteiger partial charge in [0.05, 0.1) is 76.4 Å². The number of aliphatic hydroxyl groups is 2. The maximum atomic E-state index is 10.9. The second-order valence-electron chi connectivity index (χ2n) is 12.8. The fourth-order valence-electron chi connectivity index (χ4n) is 8.61.